The molecule has 0 spiro atoms. The number of halogens is 1. The summed E-state index contributed by atoms with van der Waals surface area (Å²) in [4.78, 5) is 10.6. The van der Waals surface area contributed by atoms with Gasteiger partial charge >= 0.3 is 5.97 Å². The lowest BCUT2D eigenvalue weighted by molar-refractivity contribution is -0.136. The van der Waals surface area contributed by atoms with Crippen molar-refractivity contribution >= 4 is 39.3 Å². The molecule has 0 fully saturated rings. The van der Waals surface area contributed by atoms with Crippen molar-refractivity contribution in [2.45, 2.75) is 6.42 Å². The monoisotopic (exact) mass is 312 g/mol. The Bertz CT molecular complexity index is 520. The molecular formula is C12H9IO2. The summed E-state index contributed by atoms with van der Waals surface area (Å²) in [6, 6.07) is 11.9. The maximum atomic E-state index is 10.6. The van der Waals surface area contributed by atoms with Gasteiger partial charge in [0, 0.05) is 3.57 Å². The molecule has 0 aliphatic carbocycles. The molecule has 2 rings (SSSR count). The lowest BCUT2D eigenvalue weighted by Gasteiger charge is -2.04. The molecule has 2 aromatic rings. The number of rotatable bonds is 2. The molecule has 2 nitrogen and oxygen atoms in total. The summed E-state index contributed by atoms with van der Waals surface area (Å²) in [6.45, 7) is 0. The molecule has 0 saturated carbocycles. The van der Waals surface area contributed by atoms with Crippen molar-refractivity contribution in [2.24, 2.45) is 0 Å². The highest BCUT2D eigenvalue weighted by Crippen LogP contribution is 2.22. The van der Waals surface area contributed by atoms with Gasteiger partial charge in [-0.2, -0.15) is 0 Å². The van der Waals surface area contributed by atoms with E-state index in [1.54, 1.807) is 0 Å². The Kier molecular flexibility index (Phi) is 2.90. The fraction of sp³-hybridized carbons (Fsp3) is 0.0833. The van der Waals surface area contributed by atoms with Gasteiger partial charge in [0.05, 0.1) is 6.42 Å². The molecule has 0 bridgehead atoms. The van der Waals surface area contributed by atoms with E-state index in [-0.39, 0.29) is 6.42 Å². The first-order chi connectivity index (χ1) is 7.16. The summed E-state index contributed by atoms with van der Waals surface area (Å²) in [6.07, 6.45) is 0.0842. The topological polar surface area (TPSA) is 37.3 Å². The highest BCUT2D eigenvalue weighted by Gasteiger charge is 2.04. The zero-order valence-electron chi connectivity index (χ0n) is 7.90. The number of hydrogen-bond donors (Lipinski definition) is 1. The van der Waals surface area contributed by atoms with Crippen LogP contribution in [0.25, 0.3) is 10.8 Å². The van der Waals surface area contributed by atoms with E-state index in [9.17, 15) is 4.79 Å². The maximum absolute atomic E-state index is 10.6. The van der Waals surface area contributed by atoms with Crippen molar-refractivity contribution in [3.63, 3.8) is 0 Å². The average Bonchev–Trinajstić information content (AvgIpc) is 2.16. The Morgan fingerprint density at radius 2 is 2.00 bits per heavy atom. The van der Waals surface area contributed by atoms with Crippen molar-refractivity contribution in [1.82, 2.24) is 0 Å². The second-order valence-electron chi connectivity index (χ2n) is 3.37. The molecule has 0 unspecified atom stereocenters. The van der Waals surface area contributed by atoms with E-state index in [0.29, 0.717) is 0 Å². The molecule has 0 aliphatic rings. The van der Waals surface area contributed by atoms with Crippen molar-refractivity contribution in [2.75, 3.05) is 0 Å². The van der Waals surface area contributed by atoms with Gasteiger partial charge in [-0.3, -0.25) is 4.79 Å². The summed E-state index contributed by atoms with van der Waals surface area (Å²) in [7, 11) is 0. The van der Waals surface area contributed by atoms with Crippen LogP contribution >= 0.6 is 22.6 Å². The van der Waals surface area contributed by atoms with Crippen molar-refractivity contribution in [3.05, 3.63) is 45.5 Å². The first-order valence-corrected chi connectivity index (χ1v) is 5.63. The maximum Gasteiger partial charge on any atom is 0.307 e. The SMILES string of the molecule is O=C(O)Cc1cc(I)c2ccccc2c1. The first kappa shape index (κ1) is 10.4. The summed E-state index contributed by atoms with van der Waals surface area (Å²) in [5.41, 5.74) is 0.852. The normalized spacial score (nSPS) is 10.5. The lowest BCUT2D eigenvalue weighted by atomic mass is 10.1. The van der Waals surface area contributed by atoms with Crippen molar-refractivity contribution in [1.29, 1.82) is 0 Å². The van der Waals surface area contributed by atoms with E-state index in [4.69, 9.17) is 5.11 Å². The van der Waals surface area contributed by atoms with Crippen LogP contribution in [0.15, 0.2) is 36.4 Å². The van der Waals surface area contributed by atoms with E-state index in [0.717, 1.165) is 14.5 Å². The minimum atomic E-state index is -0.791. The van der Waals surface area contributed by atoms with Gasteiger partial charge in [-0.15, -0.1) is 0 Å². The summed E-state index contributed by atoms with van der Waals surface area (Å²) >= 11 is 2.24. The second kappa shape index (κ2) is 4.18. The van der Waals surface area contributed by atoms with E-state index in [1.807, 2.05) is 36.4 Å². The van der Waals surface area contributed by atoms with Gasteiger partial charge in [0.15, 0.2) is 0 Å². The molecule has 15 heavy (non-hydrogen) atoms. The predicted octanol–water partition coefficient (Wildman–Crippen LogP) is 3.07. The number of carbonyl (C=O) groups is 1. The molecule has 1 N–H and O–H groups in total. The number of hydrogen-bond acceptors (Lipinski definition) is 1. The summed E-state index contributed by atoms with van der Waals surface area (Å²) in [5, 5.41) is 11.0. The number of carboxylic acids is 1. The Labute approximate surface area is 101 Å². The third-order valence-corrected chi connectivity index (χ3v) is 3.12. The van der Waals surface area contributed by atoms with Crippen LogP contribution in [0.1, 0.15) is 5.56 Å². The minimum absolute atomic E-state index is 0.0842. The van der Waals surface area contributed by atoms with Crippen LogP contribution in [0.2, 0.25) is 0 Å². The van der Waals surface area contributed by atoms with E-state index < -0.39 is 5.97 Å². The fourth-order valence-corrected chi connectivity index (χ4v) is 2.49. The van der Waals surface area contributed by atoms with E-state index in [1.165, 1.54) is 5.39 Å². The van der Waals surface area contributed by atoms with Gasteiger partial charge in [0.25, 0.3) is 0 Å². The Morgan fingerprint density at radius 3 is 2.73 bits per heavy atom. The van der Waals surface area contributed by atoms with Crippen molar-refractivity contribution < 1.29 is 9.90 Å². The first-order valence-electron chi connectivity index (χ1n) is 4.56. The van der Waals surface area contributed by atoms with Crippen LogP contribution in [0.5, 0.6) is 0 Å². The molecule has 0 saturated heterocycles. The largest absolute Gasteiger partial charge is 0.481 e. The zero-order valence-corrected chi connectivity index (χ0v) is 10.1. The van der Waals surface area contributed by atoms with Gasteiger partial charge < -0.3 is 5.11 Å². The highest BCUT2D eigenvalue weighted by molar-refractivity contribution is 14.1. The van der Waals surface area contributed by atoms with E-state index in [2.05, 4.69) is 22.6 Å². The summed E-state index contributed by atoms with van der Waals surface area (Å²) in [5.74, 6) is -0.791. The highest BCUT2D eigenvalue weighted by atomic mass is 127. The van der Waals surface area contributed by atoms with Gasteiger partial charge in [0.2, 0.25) is 0 Å². The Balaban J connectivity index is 2.57. The molecule has 0 heterocycles. The smallest absolute Gasteiger partial charge is 0.307 e. The lowest BCUT2D eigenvalue weighted by Crippen LogP contribution is -2.00. The van der Waals surface area contributed by atoms with Gasteiger partial charge in [-0.25, -0.2) is 0 Å². The Hall–Kier alpha value is -1.10. The van der Waals surface area contributed by atoms with Gasteiger partial charge in [0.1, 0.15) is 0 Å². The molecule has 0 amide bonds. The predicted molar refractivity (Wildman–Crippen MR) is 68.0 cm³/mol. The zero-order chi connectivity index (χ0) is 10.8. The van der Waals surface area contributed by atoms with Crippen LogP contribution < -0.4 is 0 Å². The number of carboxylic acid groups (broad SMARTS) is 1. The minimum Gasteiger partial charge on any atom is -0.481 e. The van der Waals surface area contributed by atoms with Crippen LogP contribution in [-0.4, -0.2) is 11.1 Å². The van der Waals surface area contributed by atoms with Gasteiger partial charge in [-0.1, -0.05) is 30.3 Å². The molecule has 3 heteroatoms. The van der Waals surface area contributed by atoms with Gasteiger partial charge in [-0.05, 0) is 45.0 Å². The molecule has 76 valence electrons. The number of benzene rings is 2. The number of fused-ring (bicyclic) bond motifs is 1. The van der Waals surface area contributed by atoms with Crippen LogP contribution in [-0.2, 0) is 11.2 Å². The van der Waals surface area contributed by atoms with Crippen LogP contribution in [0, 0.1) is 3.57 Å². The molecule has 0 aliphatic heterocycles. The number of aliphatic carboxylic acids is 1. The third kappa shape index (κ3) is 2.28. The average molecular weight is 312 g/mol. The molecule has 0 aromatic heterocycles. The quantitative estimate of drug-likeness (QED) is 0.865. The molecule has 0 atom stereocenters. The molecular weight excluding hydrogens is 303 g/mol. The summed E-state index contributed by atoms with van der Waals surface area (Å²) < 4.78 is 1.10. The third-order valence-electron chi connectivity index (χ3n) is 2.23. The van der Waals surface area contributed by atoms with Crippen LogP contribution in [0.3, 0.4) is 0 Å². The standard InChI is InChI=1S/C12H9IO2/c13-11-6-8(7-12(14)15)5-9-3-1-2-4-10(9)11/h1-6H,7H2,(H,14,15). The molecule has 2 aromatic carbocycles. The van der Waals surface area contributed by atoms with Crippen LogP contribution in [0.4, 0.5) is 0 Å². The Morgan fingerprint density at radius 1 is 1.27 bits per heavy atom. The fourth-order valence-electron chi connectivity index (χ4n) is 1.60. The second-order valence-corrected chi connectivity index (χ2v) is 4.53. The van der Waals surface area contributed by atoms with E-state index >= 15 is 0 Å². The molecule has 0 radical (unpaired) electrons. The van der Waals surface area contributed by atoms with Crippen molar-refractivity contribution in [3.8, 4) is 0 Å².